The first kappa shape index (κ1) is 17.5. The molecule has 0 saturated heterocycles. The monoisotopic (exact) mass is 358 g/mol. The van der Waals surface area contributed by atoms with E-state index in [1.807, 2.05) is 13.0 Å². The number of aromatic nitrogens is 4. The van der Waals surface area contributed by atoms with Gasteiger partial charge in [0.25, 0.3) is 5.91 Å². The van der Waals surface area contributed by atoms with Crippen LogP contribution < -0.4 is 10.6 Å². The molecule has 0 bridgehead atoms. The van der Waals surface area contributed by atoms with Crippen molar-refractivity contribution in [2.24, 2.45) is 0 Å². The molecule has 0 fully saturated rings. The summed E-state index contributed by atoms with van der Waals surface area (Å²) in [5, 5.41) is 17.9. The summed E-state index contributed by atoms with van der Waals surface area (Å²) in [6.45, 7) is 2.48. The Morgan fingerprint density at radius 3 is 2.62 bits per heavy atom. The molecule has 7 nitrogen and oxygen atoms in total. The summed E-state index contributed by atoms with van der Waals surface area (Å²) in [6.07, 6.45) is 1.79. The quantitative estimate of drug-likeness (QED) is 0.659. The van der Waals surface area contributed by atoms with Crippen molar-refractivity contribution < 1.29 is 13.6 Å². The molecule has 134 valence electrons. The van der Waals surface area contributed by atoms with Crippen molar-refractivity contribution in [1.82, 2.24) is 25.3 Å². The maximum Gasteiger partial charge on any atom is 0.254 e. The van der Waals surface area contributed by atoms with Crippen molar-refractivity contribution in [2.45, 2.75) is 6.92 Å². The van der Waals surface area contributed by atoms with Crippen LogP contribution >= 0.6 is 0 Å². The number of nitrogens with one attached hydrogen (secondary N) is 2. The van der Waals surface area contributed by atoms with Crippen LogP contribution in [-0.2, 0) is 0 Å². The average Bonchev–Trinajstić information content (AvgIpc) is 3.05. The molecule has 1 amide bonds. The fourth-order valence-electron chi connectivity index (χ4n) is 2.22. The van der Waals surface area contributed by atoms with Crippen molar-refractivity contribution in [3.63, 3.8) is 0 Å². The predicted octanol–water partition coefficient (Wildman–Crippen LogP) is 2.09. The standard InChI is InChI=1S/C17H16F2N6O/c1-11-6-9-25(24-11)16-5-4-15(22-23-16)20-7-8-21-17(26)13-3-2-12(18)10-14(13)19/h2-6,9-10H,7-8H2,1H3,(H,20,22)(H,21,26). The molecule has 0 radical (unpaired) electrons. The normalized spacial score (nSPS) is 10.6. The lowest BCUT2D eigenvalue weighted by Gasteiger charge is -2.08. The van der Waals surface area contributed by atoms with E-state index >= 15 is 0 Å². The molecule has 2 N–H and O–H groups in total. The maximum atomic E-state index is 13.5. The highest BCUT2D eigenvalue weighted by atomic mass is 19.1. The van der Waals surface area contributed by atoms with Crippen LogP contribution in [0.4, 0.5) is 14.6 Å². The Kier molecular flexibility index (Phi) is 5.16. The molecule has 3 rings (SSSR count). The molecular formula is C17H16F2N6O. The number of amides is 1. The fourth-order valence-corrected chi connectivity index (χ4v) is 2.22. The summed E-state index contributed by atoms with van der Waals surface area (Å²) >= 11 is 0. The van der Waals surface area contributed by atoms with E-state index in [-0.39, 0.29) is 12.1 Å². The SMILES string of the molecule is Cc1ccn(-c2ccc(NCCNC(=O)c3ccc(F)cc3F)nn2)n1. The summed E-state index contributed by atoms with van der Waals surface area (Å²) < 4.78 is 28.0. The Balaban J connectivity index is 1.48. The molecule has 0 aliphatic heterocycles. The van der Waals surface area contributed by atoms with Gasteiger partial charge < -0.3 is 10.6 Å². The Morgan fingerprint density at radius 1 is 1.12 bits per heavy atom. The van der Waals surface area contributed by atoms with Crippen molar-refractivity contribution >= 4 is 11.7 Å². The third-order valence-corrected chi connectivity index (χ3v) is 3.50. The molecule has 2 aromatic heterocycles. The zero-order valence-corrected chi connectivity index (χ0v) is 13.9. The van der Waals surface area contributed by atoms with Crippen LogP contribution in [-0.4, -0.2) is 39.0 Å². The van der Waals surface area contributed by atoms with E-state index in [0.717, 1.165) is 17.8 Å². The molecule has 2 heterocycles. The summed E-state index contributed by atoms with van der Waals surface area (Å²) in [5.74, 6) is -1.12. The second-order valence-corrected chi connectivity index (χ2v) is 5.49. The molecule has 1 aromatic carbocycles. The number of hydrogen-bond donors (Lipinski definition) is 2. The molecule has 0 saturated carbocycles. The number of carbonyl (C=O) groups excluding carboxylic acids is 1. The van der Waals surface area contributed by atoms with Gasteiger partial charge in [0.2, 0.25) is 0 Å². The number of benzene rings is 1. The van der Waals surface area contributed by atoms with Crippen molar-refractivity contribution in [2.75, 3.05) is 18.4 Å². The average molecular weight is 358 g/mol. The predicted molar refractivity (Wildman–Crippen MR) is 91.1 cm³/mol. The Hall–Kier alpha value is -3.36. The summed E-state index contributed by atoms with van der Waals surface area (Å²) in [5.41, 5.74) is 0.674. The topological polar surface area (TPSA) is 84.7 Å². The van der Waals surface area contributed by atoms with Crippen molar-refractivity contribution in [3.05, 3.63) is 65.5 Å². The van der Waals surface area contributed by atoms with Gasteiger partial charge in [0, 0.05) is 25.4 Å². The van der Waals surface area contributed by atoms with Crippen LogP contribution in [0.3, 0.4) is 0 Å². The van der Waals surface area contributed by atoms with Gasteiger partial charge in [-0.3, -0.25) is 4.79 Å². The van der Waals surface area contributed by atoms with Gasteiger partial charge in [-0.05, 0) is 37.3 Å². The lowest BCUT2D eigenvalue weighted by molar-refractivity contribution is 0.0951. The van der Waals surface area contributed by atoms with Crippen LogP contribution in [0.5, 0.6) is 0 Å². The van der Waals surface area contributed by atoms with E-state index in [9.17, 15) is 13.6 Å². The maximum absolute atomic E-state index is 13.5. The Labute approximate surface area is 148 Å². The zero-order valence-electron chi connectivity index (χ0n) is 13.9. The molecule has 0 aliphatic rings. The first-order chi connectivity index (χ1) is 12.5. The highest BCUT2D eigenvalue weighted by molar-refractivity contribution is 5.94. The van der Waals surface area contributed by atoms with E-state index < -0.39 is 17.5 Å². The largest absolute Gasteiger partial charge is 0.367 e. The van der Waals surface area contributed by atoms with Gasteiger partial charge in [-0.2, -0.15) is 5.10 Å². The Bertz CT molecular complexity index is 910. The molecule has 0 spiro atoms. The van der Waals surface area contributed by atoms with Gasteiger partial charge in [0.05, 0.1) is 11.3 Å². The van der Waals surface area contributed by atoms with Crippen LogP contribution in [0, 0.1) is 18.6 Å². The first-order valence-electron chi connectivity index (χ1n) is 7.86. The summed E-state index contributed by atoms with van der Waals surface area (Å²) in [4.78, 5) is 11.9. The molecule has 0 aliphatic carbocycles. The minimum atomic E-state index is -0.897. The second-order valence-electron chi connectivity index (χ2n) is 5.49. The molecule has 9 heteroatoms. The van der Waals surface area contributed by atoms with Gasteiger partial charge in [0.15, 0.2) is 5.82 Å². The second kappa shape index (κ2) is 7.68. The smallest absolute Gasteiger partial charge is 0.254 e. The number of aryl methyl sites for hydroxylation is 1. The van der Waals surface area contributed by atoms with Gasteiger partial charge in [-0.15, -0.1) is 10.2 Å². The summed E-state index contributed by atoms with van der Waals surface area (Å²) in [6, 6.07) is 8.17. The van der Waals surface area contributed by atoms with Gasteiger partial charge in [-0.25, -0.2) is 13.5 Å². The van der Waals surface area contributed by atoms with Crippen LogP contribution in [0.1, 0.15) is 16.1 Å². The third-order valence-electron chi connectivity index (χ3n) is 3.50. The van der Waals surface area contributed by atoms with E-state index in [1.54, 1.807) is 23.0 Å². The number of hydrogen-bond acceptors (Lipinski definition) is 5. The molecule has 26 heavy (non-hydrogen) atoms. The molecule has 3 aromatic rings. The minimum absolute atomic E-state index is 0.204. The Morgan fingerprint density at radius 2 is 1.96 bits per heavy atom. The lowest BCUT2D eigenvalue weighted by atomic mass is 10.2. The number of nitrogens with zero attached hydrogens (tertiary/aromatic N) is 4. The van der Waals surface area contributed by atoms with Crippen LogP contribution in [0.25, 0.3) is 5.82 Å². The van der Waals surface area contributed by atoms with Crippen molar-refractivity contribution in [3.8, 4) is 5.82 Å². The molecule has 0 atom stereocenters. The van der Waals surface area contributed by atoms with E-state index in [2.05, 4.69) is 25.9 Å². The van der Waals surface area contributed by atoms with E-state index in [0.29, 0.717) is 24.2 Å². The first-order valence-corrected chi connectivity index (χ1v) is 7.86. The molecule has 0 unspecified atom stereocenters. The highest BCUT2D eigenvalue weighted by Crippen LogP contribution is 2.09. The highest BCUT2D eigenvalue weighted by Gasteiger charge is 2.11. The van der Waals surface area contributed by atoms with E-state index in [1.165, 1.54) is 0 Å². The van der Waals surface area contributed by atoms with Gasteiger partial charge in [-0.1, -0.05) is 0 Å². The lowest BCUT2D eigenvalue weighted by Crippen LogP contribution is -2.29. The fraction of sp³-hybridized carbons (Fsp3) is 0.176. The van der Waals surface area contributed by atoms with E-state index in [4.69, 9.17) is 0 Å². The van der Waals surface area contributed by atoms with Gasteiger partial charge in [0.1, 0.15) is 17.5 Å². The van der Waals surface area contributed by atoms with Crippen LogP contribution in [0.2, 0.25) is 0 Å². The minimum Gasteiger partial charge on any atom is -0.367 e. The van der Waals surface area contributed by atoms with Gasteiger partial charge >= 0.3 is 0 Å². The number of carbonyl (C=O) groups is 1. The third kappa shape index (κ3) is 4.18. The number of halogens is 2. The zero-order chi connectivity index (χ0) is 18.5. The molecular weight excluding hydrogens is 342 g/mol. The number of anilines is 1. The summed E-state index contributed by atoms with van der Waals surface area (Å²) in [7, 11) is 0. The van der Waals surface area contributed by atoms with Crippen molar-refractivity contribution in [1.29, 1.82) is 0 Å². The number of rotatable bonds is 6. The van der Waals surface area contributed by atoms with Crippen LogP contribution in [0.15, 0.2) is 42.6 Å².